The lowest BCUT2D eigenvalue weighted by atomic mass is 9.87. The van der Waals surface area contributed by atoms with Gasteiger partial charge in [0.05, 0.1) is 11.9 Å². The molecule has 156 valence electrons. The molecule has 29 heavy (non-hydrogen) atoms. The smallest absolute Gasteiger partial charge is 0.244 e. The van der Waals surface area contributed by atoms with Crippen molar-refractivity contribution in [1.29, 1.82) is 0 Å². The molecule has 0 aliphatic rings. The fourth-order valence-electron chi connectivity index (χ4n) is 2.75. The van der Waals surface area contributed by atoms with E-state index in [1.807, 2.05) is 24.3 Å². The van der Waals surface area contributed by atoms with Gasteiger partial charge in [-0.2, -0.15) is 0 Å². The van der Waals surface area contributed by atoms with E-state index < -0.39 is 15.8 Å². The monoisotopic (exact) mass is 418 g/mol. The summed E-state index contributed by atoms with van der Waals surface area (Å²) in [6, 6.07) is 10.8. The maximum Gasteiger partial charge on any atom is 0.244 e. The molecule has 0 radical (unpaired) electrons. The normalized spacial score (nSPS) is 12.2. The maximum absolute atomic E-state index is 14.2. The first-order valence-corrected chi connectivity index (χ1v) is 11.1. The van der Waals surface area contributed by atoms with Gasteiger partial charge in [-0.25, -0.2) is 12.8 Å². The SMILES string of the molecule is Cc1cc(CNC(=O)C=Cc2ccc(C(C)(C)C)cc2)cc(F)c1NS(C)(=O)=O. The van der Waals surface area contributed by atoms with Gasteiger partial charge in [-0.1, -0.05) is 51.1 Å². The van der Waals surface area contributed by atoms with Crippen molar-refractivity contribution in [2.75, 3.05) is 11.0 Å². The third-order valence-corrected chi connectivity index (χ3v) is 4.88. The van der Waals surface area contributed by atoms with E-state index in [-0.39, 0.29) is 23.6 Å². The first kappa shape index (κ1) is 22.6. The fourth-order valence-corrected chi connectivity index (χ4v) is 3.38. The Morgan fingerprint density at radius 1 is 1.14 bits per heavy atom. The van der Waals surface area contributed by atoms with Gasteiger partial charge in [0.2, 0.25) is 15.9 Å². The van der Waals surface area contributed by atoms with Gasteiger partial charge in [0, 0.05) is 12.6 Å². The molecule has 0 saturated heterocycles. The number of sulfonamides is 1. The molecule has 2 aromatic rings. The molecular weight excluding hydrogens is 391 g/mol. The lowest BCUT2D eigenvalue weighted by Gasteiger charge is -2.18. The van der Waals surface area contributed by atoms with E-state index in [1.165, 1.54) is 17.7 Å². The number of benzene rings is 2. The summed E-state index contributed by atoms with van der Waals surface area (Å²) in [5.74, 6) is -0.990. The molecule has 2 rings (SSSR count). The van der Waals surface area contributed by atoms with E-state index in [1.54, 1.807) is 19.1 Å². The second-order valence-corrected chi connectivity index (χ2v) is 9.82. The van der Waals surface area contributed by atoms with Crippen LogP contribution in [0.5, 0.6) is 0 Å². The average Bonchev–Trinajstić information content (AvgIpc) is 2.60. The van der Waals surface area contributed by atoms with Crippen molar-refractivity contribution < 1.29 is 17.6 Å². The van der Waals surface area contributed by atoms with Crippen LogP contribution in [0.15, 0.2) is 42.5 Å². The van der Waals surface area contributed by atoms with Crippen LogP contribution in [0, 0.1) is 12.7 Å². The molecule has 5 nitrogen and oxygen atoms in total. The van der Waals surface area contributed by atoms with Crippen LogP contribution in [0.2, 0.25) is 0 Å². The van der Waals surface area contributed by atoms with Crippen LogP contribution in [-0.4, -0.2) is 20.6 Å². The summed E-state index contributed by atoms with van der Waals surface area (Å²) in [4.78, 5) is 12.1. The molecule has 0 fully saturated rings. The number of nitrogens with one attached hydrogen (secondary N) is 2. The zero-order chi connectivity index (χ0) is 21.8. The molecule has 0 atom stereocenters. The molecular formula is C22H27FN2O3S. The summed E-state index contributed by atoms with van der Waals surface area (Å²) >= 11 is 0. The van der Waals surface area contributed by atoms with Crippen LogP contribution in [0.1, 0.15) is 43.0 Å². The van der Waals surface area contributed by atoms with Gasteiger partial charge in [0.25, 0.3) is 0 Å². The number of carbonyl (C=O) groups excluding carboxylic acids is 1. The van der Waals surface area contributed by atoms with Gasteiger partial charge < -0.3 is 5.32 Å². The zero-order valence-corrected chi connectivity index (χ0v) is 18.2. The fraction of sp³-hybridized carbons (Fsp3) is 0.318. The number of carbonyl (C=O) groups is 1. The molecule has 0 saturated carbocycles. The molecule has 0 unspecified atom stereocenters. The van der Waals surface area contributed by atoms with Crippen molar-refractivity contribution in [3.8, 4) is 0 Å². The molecule has 0 aromatic heterocycles. The number of amides is 1. The Morgan fingerprint density at radius 3 is 2.28 bits per heavy atom. The van der Waals surface area contributed by atoms with Crippen LogP contribution < -0.4 is 10.0 Å². The highest BCUT2D eigenvalue weighted by Gasteiger charge is 2.13. The molecule has 0 spiro atoms. The van der Waals surface area contributed by atoms with Gasteiger partial charge in [-0.05, 0) is 46.7 Å². The summed E-state index contributed by atoms with van der Waals surface area (Å²) in [7, 11) is -3.57. The first-order chi connectivity index (χ1) is 13.3. The van der Waals surface area contributed by atoms with Crippen LogP contribution in [0.25, 0.3) is 6.08 Å². The minimum Gasteiger partial charge on any atom is -0.348 e. The van der Waals surface area contributed by atoms with Crippen LogP contribution in [0.3, 0.4) is 0 Å². The predicted octanol–water partition coefficient (Wildman–Crippen LogP) is 4.13. The number of anilines is 1. The van der Waals surface area contributed by atoms with E-state index >= 15 is 0 Å². The molecule has 0 heterocycles. The summed E-state index contributed by atoms with van der Waals surface area (Å²) in [5, 5.41) is 2.70. The van der Waals surface area contributed by atoms with Gasteiger partial charge in [0.15, 0.2) is 0 Å². The first-order valence-electron chi connectivity index (χ1n) is 9.18. The highest BCUT2D eigenvalue weighted by atomic mass is 32.2. The van der Waals surface area contributed by atoms with E-state index in [9.17, 15) is 17.6 Å². The summed E-state index contributed by atoms with van der Waals surface area (Å²) in [5.41, 5.74) is 3.08. The standard InChI is InChI=1S/C22H27FN2O3S/c1-15-12-17(13-19(23)21(15)25-29(5,27)28)14-24-20(26)11-8-16-6-9-18(10-7-16)22(2,3)4/h6-13,25H,14H2,1-5H3,(H,24,26). The third kappa shape index (κ3) is 7.02. The summed E-state index contributed by atoms with van der Waals surface area (Å²) in [6.07, 6.45) is 4.10. The van der Waals surface area contributed by atoms with Crippen molar-refractivity contribution in [3.05, 3.63) is 70.5 Å². The third-order valence-electron chi connectivity index (χ3n) is 4.31. The number of rotatable bonds is 6. The Hall–Kier alpha value is -2.67. The van der Waals surface area contributed by atoms with Crippen molar-refractivity contribution in [1.82, 2.24) is 5.32 Å². The largest absolute Gasteiger partial charge is 0.348 e. The van der Waals surface area contributed by atoms with E-state index in [0.717, 1.165) is 11.8 Å². The summed E-state index contributed by atoms with van der Waals surface area (Å²) in [6.45, 7) is 8.14. The lowest BCUT2D eigenvalue weighted by Crippen LogP contribution is -2.20. The zero-order valence-electron chi connectivity index (χ0n) is 17.3. The predicted molar refractivity (Wildman–Crippen MR) is 116 cm³/mol. The maximum atomic E-state index is 14.2. The minimum absolute atomic E-state index is 0.0689. The minimum atomic E-state index is -3.57. The van der Waals surface area contributed by atoms with Crippen molar-refractivity contribution in [2.45, 2.75) is 39.7 Å². The average molecular weight is 419 g/mol. The number of aryl methyl sites for hydroxylation is 1. The van der Waals surface area contributed by atoms with Crippen LogP contribution in [-0.2, 0) is 26.8 Å². The van der Waals surface area contributed by atoms with Gasteiger partial charge >= 0.3 is 0 Å². The Bertz CT molecular complexity index is 998. The second kappa shape index (κ2) is 8.78. The molecule has 1 amide bonds. The topological polar surface area (TPSA) is 75.3 Å². The molecule has 2 N–H and O–H groups in total. The molecule has 0 aliphatic carbocycles. The Labute approximate surface area is 172 Å². The highest BCUT2D eigenvalue weighted by molar-refractivity contribution is 7.92. The Morgan fingerprint density at radius 2 is 1.76 bits per heavy atom. The van der Waals surface area contributed by atoms with Gasteiger partial charge in [0.1, 0.15) is 5.82 Å². The molecule has 0 aliphatic heterocycles. The second-order valence-electron chi connectivity index (χ2n) is 8.07. The lowest BCUT2D eigenvalue weighted by molar-refractivity contribution is -0.116. The number of hydrogen-bond donors (Lipinski definition) is 2. The van der Waals surface area contributed by atoms with Crippen molar-refractivity contribution >= 4 is 27.7 Å². The molecule has 2 aromatic carbocycles. The van der Waals surface area contributed by atoms with E-state index in [2.05, 4.69) is 30.8 Å². The van der Waals surface area contributed by atoms with Gasteiger partial charge in [-0.15, -0.1) is 0 Å². The Balaban J connectivity index is 1.99. The van der Waals surface area contributed by atoms with Crippen molar-refractivity contribution in [3.63, 3.8) is 0 Å². The van der Waals surface area contributed by atoms with Crippen LogP contribution in [0.4, 0.5) is 10.1 Å². The van der Waals surface area contributed by atoms with Gasteiger partial charge in [-0.3, -0.25) is 9.52 Å². The molecule has 0 bridgehead atoms. The van der Waals surface area contributed by atoms with E-state index in [4.69, 9.17) is 0 Å². The molecule has 7 heteroatoms. The highest BCUT2D eigenvalue weighted by Crippen LogP contribution is 2.23. The Kier molecular flexibility index (Phi) is 6.85. The number of hydrogen-bond acceptors (Lipinski definition) is 3. The number of halogens is 1. The quantitative estimate of drug-likeness (QED) is 0.693. The van der Waals surface area contributed by atoms with Crippen molar-refractivity contribution in [2.24, 2.45) is 0 Å². The van der Waals surface area contributed by atoms with E-state index in [0.29, 0.717) is 11.1 Å². The van der Waals surface area contributed by atoms with Crippen LogP contribution >= 0.6 is 0 Å². The summed E-state index contributed by atoms with van der Waals surface area (Å²) < 4.78 is 39.0.